The molecule has 0 atom stereocenters. The Kier molecular flexibility index (Phi) is 5.09. The first-order valence-corrected chi connectivity index (χ1v) is 7.94. The van der Waals surface area contributed by atoms with Crippen LogP contribution in [0.15, 0.2) is 59.4 Å². The topological polar surface area (TPSA) is 104 Å². The normalized spacial score (nSPS) is 10.8. The minimum Gasteiger partial charge on any atom is -0.268 e. The van der Waals surface area contributed by atoms with Crippen molar-refractivity contribution in [3.63, 3.8) is 0 Å². The van der Waals surface area contributed by atoms with Gasteiger partial charge >= 0.3 is 0 Å². The summed E-state index contributed by atoms with van der Waals surface area (Å²) in [6, 6.07) is 13.5. The highest BCUT2D eigenvalue weighted by Gasteiger charge is 2.14. The lowest BCUT2D eigenvalue weighted by molar-refractivity contribution is -0.117. The number of carbonyl (C=O) groups excluding carboxylic acids is 2. The zero-order valence-corrected chi connectivity index (χ0v) is 14.1. The summed E-state index contributed by atoms with van der Waals surface area (Å²) in [5.41, 5.74) is 4.91. The third-order valence-corrected chi connectivity index (χ3v) is 3.76. The van der Waals surface area contributed by atoms with Gasteiger partial charge in [-0.05, 0) is 29.8 Å². The number of hydrogen-bond acceptors (Lipinski definition) is 4. The van der Waals surface area contributed by atoms with E-state index in [-0.39, 0.29) is 5.69 Å². The van der Waals surface area contributed by atoms with Crippen LogP contribution >= 0.6 is 11.6 Å². The van der Waals surface area contributed by atoms with E-state index in [1.165, 1.54) is 6.08 Å². The molecule has 0 aliphatic heterocycles. The summed E-state index contributed by atoms with van der Waals surface area (Å²) in [4.78, 5) is 35.8. The van der Waals surface area contributed by atoms with Crippen LogP contribution in [0.1, 0.15) is 16.1 Å². The monoisotopic (exact) mass is 368 g/mol. The van der Waals surface area contributed by atoms with Gasteiger partial charge in [0.2, 0.25) is 0 Å². The molecule has 2 aromatic carbocycles. The first-order chi connectivity index (χ1) is 12.5. The molecule has 8 heteroatoms. The minimum atomic E-state index is -0.648. The molecule has 0 saturated heterocycles. The molecule has 130 valence electrons. The maximum atomic E-state index is 12.2. The van der Waals surface area contributed by atoms with E-state index in [4.69, 9.17) is 11.6 Å². The fourth-order valence-electron chi connectivity index (χ4n) is 2.25. The predicted octanol–water partition coefficient (Wildman–Crippen LogP) is 2.05. The van der Waals surface area contributed by atoms with Crippen molar-refractivity contribution in [2.45, 2.75) is 0 Å². The lowest BCUT2D eigenvalue weighted by Crippen LogP contribution is -2.41. The Morgan fingerprint density at radius 2 is 1.69 bits per heavy atom. The summed E-state index contributed by atoms with van der Waals surface area (Å²) in [5, 5.41) is 7.33. The number of carbonyl (C=O) groups is 2. The van der Waals surface area contributed by atoms with Gasteiger partial charge in [-0.25, -0.2) is 5.10 Å². The minimum absolute atomic E-state index is 0.00202. The van der Waals surface area contributed by atoms with Crippen LogP contribution in [0, 0.1) is 0 Å². The molecule has 3 aromatic rings. The predicted molar refractivity (Wildman–Crippen MR) is 98.5 cm³/mol. The van der Waals surface area contributed by atoms with Crippen molar-refractivity contribution in [3.8, 4) is 0 Å². The van der Waals surface area contributed by atoms with Crippen molar-refractivity contribution < 1.29 is 9.59 Å². The second-order valence-electron chi connectivity index (χ2n) is 5.28. The number of halogens is 1. The summed E-state index contributed by atoms with van der Waals surface area (Å²) < 4.78 is 0. The Morgan fingerprint density at radius 1 is 1.00 bits per heavy atom. The molecule has 3 rings (SSSR count). The Balaban J connectivity index is 1.67. The van der Waals surface area contributed by atoms with Gasteiger partial charge in [-0.15, -0.1) is 0 Å². The molecule has 0 aliphatic carbocycles. The molecule has 0 unspecified atom stereocenters. The van der Waals surface area contributed by atoms with Crippen LogP contribution in [-0.4, -0.2) is 22.0 Å². The third-order valence-electron chi connectivity index (χ3n) is 3.51. The van der Waals surface area contributed by atoms with Crippen LogP contribution in [0.5, 0.6) is 0 Å². The van der Waals surface area contributed by atoms with E-state index in [9.17, 15) is 14.4 Å². The highest BCUT2D eigenvalue weighted by Crippen LogP contribution is 2.12. The number of nitrogens with zero attached hydrogens (tertiary/aromatic N) is 1. The third kappa shape index (κ3) is 3.96. The van der Waals surface area contributed by atoms with Crippen molar-refractivity contribution in [2.24, 2.45) is 0 Å². The van der Waals surface area contributed by atoms with Crippen LogP contribution in [0.2, 0.25) is 5.02 Å². The SMILES string of the molecule is O=C(C=Cc1ccc(Cl)cc1)NNC(=O)c1n[nH]c(=O)c2ccccc12. The average molecular weight is 369 g/mol. The van der Waals surface area contributed by atoms with E-state index in [0.717, 1.165) is 5.56 Å². The van der Waals surface area contributed by atoms with Crippen molar-refractivity contribution in [2.75, 3.05) is 0 Å². The zero-order chi connectivity index (χ0) is 18.5. The van der Waals surface area contributed by atoms with Crippen molar-refractivity contribution in [1.82, 2.24) is 21.0 Å². The molecule has 3 N–H and O–H groups in total. The first kappa shape index (κ1) is 17.4. The summed E-state index contributed by atoms with van der Waals surface area (Å²) in [6.45, 7) is 0. The number of aromatic amines is 1. The van der Waals surface area contributed by atoms with Gasteiger partial charge in [-0.1, -0.05) is 41.9 Å². The number of amides is 2. The quantitative estimate of drug-likeness (QED) is 0.486. The lowest BCUT2D eigenvalue weighted by atomic mass is 10.1. The second kappa shape index (κ2) is 7.62. The summed E-state index contributed by atoms with van der Waals surface area (Å²) in [7, 11) is 0. The fraction of sp³-hybridized carbons (Fsp3) is 0. The van der Waals surface area contributed by atoms with Gasteiger partial charge in [0.25, 0.3) is 17.4 Å². The van der Waals surface area contributed by atoms with Crippen LogP contribution in [-0.2, 0) is 4.79 Å². The molecule has 0 spiro atoms. The smallest absolute Gasteiger partial charge is 0.268 e. The van der Waals surface area contributed by atoms with Crippen molar-refractivity contribution in [1.29, 1.82) is 0 Å². The Bertz CT molecular complexity index is 1060. The van der Waals surface area contributed by atoms with Gasteiger partial charge in [0.05, 0.1) is 5.39 Å². The number of hydrazine groups is 1. The van der Waals surface area contributed by atoms with Gasteiger partial charge in [0.15, 0.2) is 5.69 Å². The molecule has 0 aliphatic rings. The standard InChI is InChI=1S/C18H13ClN4O3/c19-12-8-5-11(6-9-12)7-10-15(24)20-23-18(26)16-13-3-1-2-4-14(13)17(25)22-21-16/h1-10H,(H,20,24)(H,22,25)(H,23,26). The van der Waals surface area contributed by atoms with Crippen molar-refractivity contribution in [3.05, 3.63) is 81.2 Å². The second-order valence-corrected chi connectivity index (χ2v) is 5.71. The largest absolute Gasteiger partial charge is 0.290 e. The molecular formula is C18H13ClN4O3. The van der Waals surface area contributed by atoms with Gasteiger partial charge in [-0.2, -0.15) is 5.10 Å². The number of nitrogens with one attached hydrogen (secondary N) is 3. The molecule has 0 bridgehead atoms. The lowest BCUT2D eigenvalue weighted by Gasteiger charge is -2.06. The molecule has 0 saturated carbocycles. The fourth-order valence-corrected chi connectivity index (χ4v) is 2.38. The van der Waals surface area contributed by atoms with Crippen LogP contribution in [0.25, 0.3) is 16.8 Å². The van der Waals surface area contributed by atoms with E-state index in [1.807, 2.05) is 0 Å². The molecule has 1 heterocycles. The molecule has 0 radical (unpaired) electrons. The van der Waals surface area contributed by atoms with E-state index < -0.39 is 17.4 Å². The van der Waals surface area contributed by atoms with Crippen LogP contribution in [0.3, 0.4) is 0 Å². The number of fused-ring (bicyclic) bond motifs is 1. The number of rotatable bonds is 3. The van der Waals surface area contributed by atoms with Gasteiger partial charge in [0, 0.05) is 16.5 Å². The number of benzene rings is 2. The highest BCUT2D eigenvalue weighted by molar-refractivity contribution is 6.30. The van der Waals surface area contributed by atoms with Crippen LogP contribution < -0.4 is 16.4 Å². The maximum Gasteiger partial charge on any atom is 0.290 e. The maximum absolute atomic E-state index is 12.2. The van der Waals surface area contributed by atoms with E-state index in [1.54, 1.807) is 54.6 Å². The molecule has 26 heavy (non-hydrogen) atoms. The number of aromatic nitrogens is 2. The summed E-state index contributed by atoms with van der Waals surface area (Å²) in [5.74, 6) is -1.17. The molecular weight excluding hydrogens is 356 g/mol. The molecule has 1 aromatic heterocycles. The van der Waals surface area contributed by atoms with Crippen LogP contribution in [0.4, 0.5) is 0 Å². The Labute approximate surface area is 152 Å². The van der Waals surface area contributed by atoms with E-state index in [2.05, 4.69) is 21.0 Å². The van der Waals surface area contributed by atoms with Gasteiger partial charge in [-0.3, -0.25) is 25.2 Å². The zero-order valence-electron chi connectivity index (χ0n) is 13.3. The van der Waals surface area contributed by atoms with Crippen molar-refractivity contribution >= 4 is 40.3 Å². The van der Waals surface area contributed by atoms with Gasteiger partial charge < -0.3 is 0 Å². The van der Waals surface area contributed by atoms with E-state index >= 15 is 0 Å². The highest BCUT2D eigenvalue weighted by atomic mass is 35.5. The summed E-state index contributed by atoms with van der Waals surface area (Å²) in [6.07, 6.45) is 2.84. The average Bonchev–Trinajstić information content (AvgIpc) is 2.66. The Hall–Kier alpha value is -3.45. The molecule has 2 amide bonds. The first-order valence-electron chi connectivity index (χ1n) is 7.56. The Morgan fingerprint density at radius 3 is 2.42 bits per heavy atom. The number of hydrogen-bond donors (Lipinski definition) is 3. The molecule has 7 nitrogen and oxygen atoms in total. The molecule has 0 fully saturated rings. The van der Waals surface area contributed by atoms with E-state index in [0.29, 0.717) is 15.8 Å². The summed E-state index contributed by atoms with van der Waals surface area (Å²) >= 11 is 5.79. The number of H-pyrrole nitrogens is 1. The van der Waals surface area contributed by atoms with Gasteiger partial charge in [0.1, 0.15) is 0 Å².